The zero-order valence-electron chi connectivity index (χ0n) is 17.5. The maximum atomic E-state index is 6.08. The summed E-state index contributed by atoms with van der Waals surface area (Å²) >= 11 is 0. The number of nitrogens with one attached hydrogen (secondary N) is 2. The van der Waals surface area contributed by atoms with E-state index in [1.54, 1.807) is 0 Å². The number of guanidine groups is 1. The van der Waals surface area contributed by atoms with Crippen molar-refractivity contribution in [1.82, 2.24) is 25.4 Å². The van der Waals surface area contributed by atoms with Crippen molar-refractivity contribution < 1.29 is 9.47 Å². The second-order valence-corrected chi connectivity index (χ2v) is 7.81. The van der Waals surface area contributed by atoms with Gasteiger partial charge < -0.3 is 24.7 Å². The lowest BCUT2D eigenvalue weighted by Crippen LogP contribution is -2.42. The molecular weight excluding hydrogens is 356 g/mol. The highest BCUT2D eigenvalue weighted by molar-refractivity contribution is 5.79. The highest BCUT2D eigenvalue weighted by Gasteiger charge is 2.16. The van der Waals surface area contributed by atoms with Gasteiger partial charge in [0.25, 0.3) is 0 Å². The van der Waals surface area contributed by atoms with Gasteiger partial charge in [-0.1, -0.05) is 25.7 Å². The van der Waals surface area contributed by atoms with Crippen LogP contribution in [-0.4, -0.2) is 59.2 Å². The Morgan fingerprint density at radius 1 is 1.14 bits per heavy atom. The van der Waals surface area contributed by atoms with Crippen LogP contribution in [0.3, 0.4) is 0 Å². The summed E-state index contributed by atoms with van der Waals surface area (Å²) in [4.78, 5) is 4.69. The average molecular weight is 393 g/mol. The second-order valence-electron chi connectivity index (χ2n) is 7.81. The summed E-state index contributed by atoms with van der Waals surface area (Å²) in [7, 11) is 1.97. The predicted molar refractivity (Wildman–Crippen MR) is 109 cm³/mol. The molecule has 2 N–H and O–H groups in total. The SMILES string of the molecule is Cc1nnc(CN=C(NCCOC2CCCCCC2)NCC2CCCO2)n1C. The highest BCUT2D eigenvalue weighted by atomic mass is 16.5. The van der Waals surface area contributed by atoms with Crippen LogP contribution in [0.2, 0.25) is 0 Å². The van der Waals surface area contributed by atoms with Crippen LogP contribution in [0, 0.1) is 6.92 Å². The van der Waals surface area contributed by atoms with Gasteiger partial charge in [-0.25, -0.2) is 4.99 Å². The molecule has 3 rings (SSSR count). The quantitative estimate of drug-likeness (QED) is 0.305. The van der Waals surface area contributed by atoms with Gasteiger partial charge in [0.05, 0.1) is 18.8 Å². The normalized spacial score (nSPS) is 21.6. The summed E-state index contributed by atoms with van der Waals surface area (Å²) < 4.78 is 13.8. The van der Waals surface area contributed by atoms with Crippen LogP contribution in [0.15, 0.2) is 4.99 Å². The van der Waals surface area contributed by atoms with E-state index in [2.05, 4.69) is 25.8 Å². The average Bonchev–Trinajstić information content (AvgIpc) is 3.24. The third kappa shape index (κ3) is 6.74. The summed E-state index contributed by atoms with van der Waals surface area (Å²) in [6, 6.07) is 0. The van der Waals surface area contributed by atoms with E-state index in [4.69, 9.17) is 9.47 Å². The molecule has 2 heterocycles. The Bertz CT molecular complexity index is 604. The Kier molecular flexibility index (Phi) is 8.54. The van der Waals surface area contributed by atoms with Crippen molar-refractivity contribution in [2.24, 2.45) is 12.0 Å². The Balaban J connectivity index is 1.46. The second kappa shape index (κ2) is 11.4. The van der Waals surface area contributed by atoms with Crippen molar-refractivity contribution in [2.45, 2.75) is 77.0 Å². The van der Waals surface area contributed by atoms with Gasteiger partial charge in [-0.3, -0.25) is 0 Å². The first-order valence-corrected chi connectivity index (χ1v) is 10.8. The summed E-state index contributed by atoms with van der Waals surface area (Å²) in [5.41, 5.74) is 0. The largest absolute Gasteiger partial charge is 0.376 e. The van der Waals surface area contributed by atoms with E-state index in [0.717, 1.165) is 50.1 Å². The summed E-state index contributed by atoms with van der Waals surface area (Å²) in [6.07, 6.45) is 10.6. The van der Waals surface area contributed by atoms with Crippen molar-refractivity contribution in [3.8, 4) is 0 Å². The van der Waals surface area contributed by atoms with Crippen LogP contribution < -0.4 is 10.6 Å². The Morgan fingerprint density at radius 3 is 2.64 bits per heavy atom. The maximum absolute atomic E-state index is 6.08. The van der Waals surface area contributed by atoms with Gasteiger partial charge in [-0.2, -0.15) is 0 Å². The van der Waals surface area contributed by atoms with Gasteiger partial charge in [0.15, 0.2) is 11.8 Å². The Morgan fingerprint density at radius 2 is 1.96 bits per heavy atom. The van der Waals surface area contributed by atoms with Crippen LogP contribution in [0.5, 0.6) is 0 Å². The molecule has 0 amide bonds. The maximum Gasteiger partial charge on any atom is 0.191 e. The van der Waals surface area contributed by atoms with E-state index in [-0.39, 0.29) is 6.10 Å². The number of aliphatic imine (C=N–C) groups is 1. The van der Waals surface area contributed by atoms with E-state index in [0.29, 0.717) is 19.3 Å². The topological polar surface area (TPSA) is 85.6 Å². The van der Waals surface area contributed by atoms with Crippen LogP contribution in [0.4, 0.5) is 0 Å². The monoisotopic (exact) mass is 392 g/mol. The molecule has 1 unspecified atom stereocenters. The molecule has 0 aromatic carbocycles. The minimum Gasteiger partial charge on any atom is -0.376 e. The number of aromatic nitrogens is 3. The molecule has 1 aliphatic carbocycles. The van der Waals surface area contributed by atoms with E-state index in [9.17, 15) is 0 Å². The van der Waals surface area contributed by atoms with Gasteiger partial charge in [-0.05, 0) is 32.6 Å². The van der Waals surface area contributed by atoms with Gasteiger partial charge in [-0.15, -0.1) is 10.2 Å². The zero-order chi connectivity index (χ0) is 19.6. The Hall–Kier alpha value is -1.67. The molecule has 0 radical (unpaired) electrons. The number of hydrogen-bond acceptors (Lipinski definition) is 5. The number of nitrogens with zero attached hydrogens (tertiary/aromatic N) is 4. The summed E-state index contributed by atoms with van der Waals surface area (Å²) in [5.74, 6) is 2.52. The molecule has 2 aliphatic rings. The fourth-order valence-electron chi connectivity index (χ4n) is 3.73. The molecule has 0 bridgehead atoms. The van der Waals surface area contributed by atoms with Crippen LogP contribution in [0.1, 0.15) is 63.0 Å². The number of hydrogen-bond donors (Lipinski definition) is 2. The molecule has 1 saturated carbocycles. The first-order chi connectivity index (χ1) is 13.7. The van der Waals surface area contributed by atoms with E-state index in [1.807, 2.05) is 18.5 Å². The highest BCUT2D eigenvalue weighted by Crippen LogP contribution is 2.19. The third-order valence-corrected chi connectivity index (χ3v) is 5.63. The standard InChI is InChI=1S/C20H36N6O2/c1-16-24-25-19(26(16)2)15-23-20(22-14-18-10-7-12-27-18)21-11-13-28-17-8-5-3-4-6-9-17/h17-18H,3-15H2,1-2H3,(H2,21,22,23). The van der Waals surface area contributed by atoms with Crippen molar-refractivity contribution in [3.63, 3.8) is 0 Å². The summed E-state index contributed by atoms with van der Waals surface area (Å²) in [5, 5.41) is 15.1. The van der Waals surface area contributed by atoms with Crippen molar-refractivity contribution in [2.75, 3.05) is 26.3 Å². The lowest BCUT2D eigenvalue weighted by molar-refractivity contribution is 0.0467. The fourth-order valence-corrected chi connectivity index (χ4v) is 3.73. The van der Waals surface area contributed by atoms with Gasteiger partial charge in [0.2, 0.25) is 0 Å². The molecule has 1 atom stereocenters. The molecule has 1 aliphatic heterocycles. The number of aryl methyl sites for hydroxylation is 1. The van der Waals surface area contributed by atoms with Gasteiger partial charge >= 0.3 is 0 Å². The molecule has 2 fully saturated rings. The fraction of sp³-hybridized carbons (Fsp3) is 0.850. The van der Waals surface area contributed by atoms with E-state index in [1.165, 1.54) is 38.5 Å². The molecule has 1 aromatic heterocycles. The van der Waals surface area contributed by atoms with Crippen LogP contribution in [0.25, 0.3) is 0 Å². The molecule has 8 heteroatoms. The zero-order valence-corrected chi connectivity index (χ0v) is 17.5. The van der Waals surface area contributed by atoms with Crippen molar-refractivity contribution in [1.29, 1.82) is 0 Å². The van der Waals surface area contributed by atoms with E-state index < -0.39 is 0 Å². The van der Waals surface area contributed by atoms with Gasteiger partial charge in [0.1, 0.15) is 12.4 Å². The number of ether oxygens (including phenoxy) is 2. The summed E-state index contributed by atoms with van der Waals surface area (Å²) in [6.45, 7) is 5.51. The van der Waals surface area contributed by atoms with Crippen molar-refractivity contribution in [3.05, 3.63) is 11.6 Å². The van der Waals surface area contributed by atoms with Gasteiger partial charge in [0, 0.05) is 26.7 Å². The molecule has 0 spiro atoms. The Labute approximate surface area is 168 Å². The van der Waals surface area contributed by atoms with Crippen LogP contribution >= 0.6 is 0 Å². The third-order valence-electron chi connectivity index (χ3n) is 5.63. The lowest BCUT2D eigenvalue weighted by atomic mass is 10.1. The lowest BCUT2D eigenvalue weighted by Gasteiger charge is -2.18. The first-order valence-electron chi connectivity index (χ1n) is 10.8. The molecular formula is C20H36N6O2. The molecule has 28 heavy (non-hydrogen) atoms. The molecule has 1 saturated heterocycles. The van der Waals surface area contributed by atoms with Crippen LogP contribution in [-0.2, 0) is 23.1 Å². The van der Waals surface area contributed by atoms with Crippen molar-refractivity contribution >= 4 is 5.96 Å². The smallest absolute Gasteiger partial charge is 0.191 e. The minimum atomic E-state index is 0.270. The molecule has 8 nitrogen and oxygen atoms in total. The predicted octanol–water partition coefficient (Wildman–Crippen LogP) is 2.08. The minimum absolute atomic E-state index is 0.270. The molecule has 158 valence electrons. The first kappa shape index (κ1) is 21.0. The van der Waals surface area contributed by atoms with E-state index >= 15 is 0 Å². The number of rotatable bonds is 8. The molecule has 1 aromatic rings.